The van der Waals surface area contributed by atoms with Gasteiger partial charge in [0.15, 0.2) is 5.82 Å². The van der Waals surface area contributed by atoms with E-state index < -0.39 is 48.3 Å². The number of benzene rings is 1. The van der Waals surface area contributed by atoms with Crippen LogP contribution in [0.15, 0.2) is 73.1 Å². The van der Waals surface area contributed by atoms with Gasteiger partial charge in [-0.3, -0.25) is 48.4 Å². The Morgan fingerprint density at radius 3 is 2.22 bits per heavy atom. The standard InChI is InChI=1S/C51H67N13O8/c1-4-5-21-51(2,62-48-47-39(60-50(52)61-48)26-37(28-56-47)36-15-16-38(53-27-36)35-19-23-63(3)24-20-35)32-72-33-58-43(67)30-57-49(71)40(25-34-12-8-6-9-13-34)59-44(68)31-55-42(66)29-54-41(65)14-10-7-11-22-64-45(69)17-18-46(64)70/h6,8-9,12-13,15-18,26-28,35,40H,4-5,7,10-11,14,19-25,29-33H2,1-3H3,(H,54,65)(H,55,66)(H,57,71)(H,58,67)(H,59,68)(H3,52,60,61,62)/t40-,51+/m0/s1. The number of nitrogen functional groups attached to an aromatic ring is 1. The highest BCUT2D eigenvalue weighted by Crippen LogP contribution is 2.31. The molecular formula is C51H67N13O8. The van der Waals surface area contributed by atoms with Crippen LogP contribution in [0.1, 0.15) is 88.8 Å². The first-order valence-electron chi connectivity index (χ1n) is 24.6. The molecule has 1 saturated heterocycles. The largest absolute Gasteiger partial charge is 0.368 e. The van der Waals surface area contributed by atoms with Crippen LogP contribution in [0.5, 0.6) is 0 Å². The molecule has 6 rings (SSSR count). The number of hydrogen-bond acceptors (Lipinski definition) is 15. The Balaban J connectivity index is 0.938. The van der Waals surface area contributed by atoms with Crippen molar-refractivity contribution in [3.8, 4) is 11.1 Å². The van der Waals surface area contributed by atoms with E-state index in [1.165, 1.54) is 12.2 Å². The lowest BCUT2D eigenvalue weighted by Gasteiger charge is -2.31. The minimum absolute atomic E-state index is 0.0804. The minimum Gasteiger partial charge on any atom is -0.368 e. The summed E-state index contributed by atoms with van der Waals surface area (Å²) in [6.45, 7) is 5.23. The molecule has 7 amide bonds. The lowest BCUT2D eigenvalue weighted by Crippen LogP contribution is -2.52. The molecule has 5 heterocycles. The number of nitrogens with two attached hydrogens (primary N) is 1. The summed E-state index contributed by atoms with van der Waals surface area (Å²) in [5.41, 5.74) is 10.3. The Morgan fingerprint density at radius 2 is 1.50 bits per heavy atom. The maximum absolute atomic E-state index is 13.4. The molecule has 1 fully saturated rings. The van der Waals surface area contributed by atoms with E-state index >= 15 is 0 Å². The van der Waals surface area contributed by atoms with E-state index in [1.807, 2.05) is 25.3 Å². The third-order valence-corrected chi connectivity index (χ3v) is 12.5. The Hall–Kier alpha value is -7.39. The number of imide groups is 1. The van der Waals surface area contributed by atoms with Crippen molar-refractivity contribution < 1.29 is 38.3 Å². The molecule has 384 valence electrons. The van der Waals surface area contributed by atoms with Crippen LogP contribution < -0.4 is 37.6 Å². The Morgan fingerprint density at radius 1 is 0.806 bits per heavy atom. The van der Waals surface area contributed by atoms with Gasteiger partial charge in [0.25, 0.3) is 11.8 Å². The van der Waals surface area contributed by atoms with Crippen molar-refractivity contribution in [2.45, 2.75) is 95.6 Å². The number of fused-ring (bicyclic) bond motifs is 1. The second-order valence-electron chi connectivity index (χ2n) is 18.5. The minimum atomic E-state index is -1.09. The van der Waals surface area contributed by atoms with Gasteiger partial charge in [-0.05, 0) is 76.9 Å². The van der Waals surface area contributed by atoms with Crippen LogP contribution >= 0.6 is 0 Å². The molecule has 72 heavy (non-hydrogen) atoms. The van der Waals surface area contributed by atoms with E-state index in [1.54, 1.807) is 30.5 Å². The monoisotopic (exact) mass is 990 g/mol. The summed E-state index contributed by atoms with van der Waals surface area (Å²) < 4.78 is 5.98. The number of unbranched alkanes of at least 4 members (excludes halogenated alkanes) is 3. The molecule has 2 aliphatic heterocycles. The fourth-order valence-corrected chi connectivity index (χ4v) is 8.38. The van der Waals surface area contributed by atoms with Crippen molar-refractivity contribution in [1.29, 1.82) is 0 Å². The van der Waals surface area contributed by atoms with Gasteiger partial charge < -0.3 is 47.3 Å². The van der Waals surface area contributed by atoms with E-state index in [0.29, 0.717) is 48.5 Å². The van der Waals surface area contributed by atoms with E-state index in [0.717, 1.165) is 66.1 Å². The number of likely N-dealkylation sites (tertiary alicyclic amines) is 1. The second kappa shape index (κ2) is 26.7. The predicted octanol–water partition coefficient (Wildman–Crippen LogP) is 2.49. The first-order valence-corrected chi connectivity index (χ1v) is 24.6. The van der Waals surface area contributed by atoms with Crippen LogP contribution in [0.3, 0.4) is 0 Å². The number of aromatic nitrogens is 4. The Kier molecular flexibility index (Phi) is 20.0. The second-order valence-corrected chi connectivity index (χ2v) is 18.5. The van der Waals surface area contributed by atoms with E-state index in [4.69, 9.17) is 20.4 Å². The smallest absolute Gasteiger partial charge is 0.253 e. The molecule has 2 aliphatic rings. The molecule has 21 nitrogen and oxygen atoms in total. The SMILES string of the molecule is CCCC[C@](C)(COCNC(=O)CNC(=O)[C@H](Cc1ccccc1)NC(=O)CNC(=O)CNC(=O)CCCCCN1C(=O)C=CC1=O)Nc1nc(N)nc2cc(-c3ccc(C4CCN(C)CC4)nc3)cnc12. The fraction of sp³-hybridized carbons (Fsp3) is 0.471. The van der Waals surface area contributed by atoms with Gasteiger partial charge in [0.05, 0.1) is 37.3 Å². The molecule has 1 aromatic carbocycles. The van der Waals surface area contributed by atoms with Crippen LogP contribution in [0.25, 0.3) is 22.2 Å². The van der Waals surface area contributed by atoms with Crippen molar-refractivity contribution in [2.75, 3.05) is 70.7 Å². The van der Waals surface area contributed by atoms with Gasteiger partial charge in [0.1, 0.15) is 18.3 Å². The van der Waals surface area contributed by atoms with Crippen molar-refractivity contribution in [1.82, 2.24) is 56.3 Å². The summed E-state index contributed by atoms with van der Waals surface area (Å²) in [6, 6.07) is 14.0. The van der Waals surface area contributed by atoms with Crippen LogP contribution in [0, 0.1) is 0 Å². The lowest BCUT2D eigenvalue weighted by atomic mass is 9.93. The molecule has 0 saturated carbocycles. The quantitative estimate of drug-likeness (QED) is 0.0257. The van der Waals surface area contributed by atoms with Crippen molar-refractivity contribution in [2.24, 2.45) is 0 Å². The highest BCUT2D eigenvalue weighted by atomic mass is 16.5. The number of carbonyl (C=O) groups is 7. The third kappa shape index (κ3) is 16.6. The predicted molar refractivity (Wildman–Crippen MR) is 270 cm³/mol. The highest BCUT2D eigenvalue weighted by molar-refractivity contribution is 6.12. The summed E-state index contributed by atoms with van der Waals surface area (Å²) in [4.78, 5) is 109. The zero-order chi connectivity index (χ0) is 51.5. The zero-order valence-electron chi connectivity index (χ0n) is 41.3. The number of hydrogen-bond donors (Lipinski definition) is 7. The van der Waals surface area contributed by atoms with Crippen molar-refractivity contribution in [3.05, 3.63) is 84.3 Å². The topological polar surface area (TPSA) is 285 Å². The van der Waals surface area contributed by atoms with Gasteiger partial charge in [-0.15, -0.1) is 0 Å². The molecule has 0 aliphatic carbocycles. The summed E-state index contributed by atoms with van der Waals surface area (Å²) in [7, 11) is 2.15. The lowest BCUT2D eigenvalue weighted by molar-refractivity contribution is -0.137. The fourth-order valence-electron chi connectivity index (χ4n) is 8.38. The molecule has 4 aromatic rings. The number of ether oxygens (including phenoxy) is 1. The summed E-state index contributed by atoms with van der Waals surface area (Å²) in [6.07, 6.45) is 12.6. The van der Waals surface area contributed by atoms with E-state index in [2.05, 4.69) is 72.9 Å². The van der Waals surface area contributed by atoms with Gasteiger partial charge in [0, 0.05) is 66.7 Å². The van der Waals surface area contributed by atoms with E-state index in [9.17, 15) is 33.6 Å². The number of nitrogens with one attached hydrogen (secondary N) is 6. The van der Waals surface area contributed by atoms with Gasteiger partial charge in [-0.25, -0.2) is 4.98 Å². The normalized spacial score (nSPS) is 15.2. The molecule has 8 N–H and O–H groups in total. The maximum Gasteiger partial charge on any atom is 0.253 e. The number of piperidine rings is 1. The maximum atomic E-state index is 13.4. The number of rotatable bonds is 27. The molecular weight excluding hydrogens is 923 g/mol. The molecule has 2 atom stereocenters. The van der Waals surface area contributed by atoms with Crippen molar-refractivity contribution in [3.63, 3.8) is 0 Å². The average molecular weight is 990 g/mol. The molecule has 0 unspecified atom stereocenters. The Bertz CT molecular complexity index is 2540. The molecule has 3 aromatic heterocycles. The molecule has 0 bridgehead atoms. The summed E-state index contributed by atoms with van der Waals surface area (Å²) in [5, 5.41) is 16.3. The first-order chi connectivity index (χ1) is 34.7. The van der Waals surface area contributed by atoms with Crippen LogP contribution in [0.2, 0.25) is 0 Å². The number of anilines is 2. The van der Waals surface area contributed by atoms with Crippen LogP contribution in [-0.2, 0) is 44.7 Å². The number of carbonyl (C=O) groups excluding carboxylic acids is 7. The van der Waals surface area contributed by atoms with Gasteiger partial charge in [0.2, 0.25) is 35.5 Å². The number of amides is 7. The average Bonchev–Trinajstić information content (AvgIpc) is 3.70. The van der Waals surface area contributed by atoms with Gasteiger partial charge in [-0.2, -0.15) is 4.98 Å². The number of nitrogens with zero attached hydrogens (tertiary/aromatic N) is 6. The highest BCUT2D eigenvalue weighted by Gasteiger charge is 2.28. The molecule has 0 spiro atoms. The molecule has 0 radical (unpaired) electrons. The summed E-state index contributed by atoms with van der Waals surface area (Å²) in [5.74, 6) is -2.52. The summed E-state index contributed by atoms with van der Waals surface area (Å²) >= 11 is 0. The van der Waals surface area contributed by atoms with E-state index in [-0.39, 0.29) is 62.9 Å². The van der Waals surface area contributed by atoms with Gasteiger partial charge in [-0.1, -0.05) is 62.6 Å². The van der Waals surface area contributed by atoms with Crippen molar-refractivity contribution >= 4 is 64.1 Å². The van der Waals surface area contributed by atoms with Crippen LogP contribution in [0.4, 0.5) is 11.8 Å². The number of pyridine rings is 2. The van der Waals surface area contributed by atoms with Crippen LogP contribution in [-0.4, -0.2) is 142 Å². The zero-order valence-corrected chi connectivity index (χ0v) is 41.3. The Labute approximate surface area is 419 Å². The molecule has 21 heteroatoms. The first kappa shape index (κ1) is 54.0. The third-order valence-electron chi connectivity index (χ3n) is 12.5. The van der Waals surface area contributed by atoms with Gasteiger partial charge >= 0.3 is 0 Å².